The summed E-state index contributed by atoms with van der Waals surface area (Å²) in [4.78, 5) is 2.54. The molecule has 1 atom stereocenters. The summed E-state index contributed by atoms with van der Waals surface area (Å²) in [6.45, 7) is 4.82. The Morgan fingerprint density at radius 3 is 2.65 bits per heavy atom. The van der Waals surface area contributed by atoms with E-state index in [4.69, 9.17) is 0 Å². The van der Waals surface area contributed by atoms with Gasteiger partial charge in [0.05, 0.1) is 5.75 Å². The molecule has 4 nitrogen and oxygen atoms in total. The second-order valence-corrected chi connectivity index (χ2v) is 7.62. The molecule has 5 heteroatoms. The first-order valence-corrected chi connectivity index (χ1v) is 8.61. The van der Waals surface area contributed by atoms with Crippen LogP contribution < -0.4 is 5.32 Å². The molecule has 2 rings (SSSR count). The van der Waals surface area contributed by atoms with Crippen molar-refractivity contribution in [2.45, 2.75) is 44.7 Å². The third-order valence-electron chi connectivity index (χ3n) is 3.64. The topological polar surface area (TPSA) is 49.4 Å². The van der Waals surface area contributed by atoms with Crippen LogP contribution in [0, 0.1) is 0 Å². The largest absolute Gasteiger partial charge is 0.312 e. The number of nitrogens with one attached hydrogen (secondary N) is 1. The minimum absolute atomic E-state index is 0.292. The van der Waals surface area contributed by atoms with Gasteiger partial charge in [0.25, 0.3) is 0 Å². The van der Waals surface area contributed by atoms with Gasteiger partial charge in [0.2, 0.25) is 0 Å². The summed E-state index contributed by atoms with van der Waals surface area (Å²) in [6, 6.07) is 1.35. The Balaban J connectivity index is 1.62. The van der Waals surface area contributed by atoms with Crippen molar-refractivity contribution in [1.29, 1.82) is 0 Å². The molecule has 0 radical (unpaired) electrons. The fourth-order valence-corrected chi connectivity index (χ4v) is 3.81. The van der Waals surface area contributed by atoms with Crippen molar-refractivity contribution in [3.05, 3.63) is 0 Å². The molecule has 2 aliphatic rings. The zero-order valence-electron chi connectivity index (χ0n) is 10.7. The first-order valence-electron chi connectivity index (χ1n) is 6.78. The fraction of sp³-hybridized carbons (Fsp3) is 1.00. The highest BCUT2D eigenvalue weighted by atomic mass is 32.2. The fourth-order valence-electron chi connectivity index (χ4n) is 2.56. The highest BCUT2D eigenvalue weighted by molar-refractivity contribution is 7.91. The second-order valence-electron chi connectivity index (χ2n) is 5.32. The molecule has 1 heterocycles. The van der Waals surface area contributed by atoms with Crippen molar-refractivity contribution in [3.63, 3.8) is 0 Å². The SMILES string of the molecule is CCCS(=O)(=O)CCNC1CCN(C2CC2)C1. The Morgan fingerprint density at radius 2 is 2.00 bits per heavy atom. The van der Waals surface area contributed by atoms with E-state index in [1.54, 1.807) is 0 Å². The highest BCUT2D eigenvalue weighted by Crippen LogP contribution is 2.29. The van der Waals surface area contributed by atoms with Crippen LogP contribution in [0.15, 0.2) is 0 Å². The van der Waals surface area contributed by atoms with E-state index < -0.39 is 9.84 Å². The standard InChI is InChI=1S/C12H24N2O2S/c1-2-8-17(15,16)9-6-13-11-5-7-14(10-11)12-3-4-12/h11-13H,2-10H2,1H3. The number of rotatable bonds is 7. The summed E-state index contributed by atoms with van der Waals surface area (Å²) in [5, 5.41) is 3.39. The Hall–Kier alpha value is -0.130. The van der Waals surface area contributed by atoms with Gasteiger partial charge in [-0.25, -0.2) is 8.42 Å². The van der Waals surface area contributed by atoms with E-state index in [9.17, 15) is 8.42 Å². The lowest BCUT2D eigenvalue weighted by atomic mass is 10.3. The number of nitrogens with zero attached hydrogens (tertiary/aromatic N) is 1. The van der Waals surface area contributed by atoms with Crippen molar-refractivity contribution in [2.75, 3.05) is 31.1 Å². The monoisotopic (exact) mass is 260 g/mol. The highest BCUT2D eigenvalue weighted by Gasteiger charge is 2.34. The maximum absolute atomic E-state index is 11.5. The second kappa shape index (κ2) is 5.67. The third kappa shape index (κ3) is 4.23. The first kappa shape index (κ1) is 13.3. The van der Waals surface area contributed by atoms with Gasteiger partial charge in [-0.2, -0.15) is 0 Å². The van der Waals surface area contributed by atoms with Gasteiger partial charge in [-0.15, -0.1) is 0 Å². The van der Waals surface area contributed by atoms with Gasteiger partial charge >= 0.3 is 0 Å². The van der Waals surface area contributed by atoms with Crippen molar-refractivity contribution in [1.82, 2.24) is 10.2 Å². The lowest BCUT2D eigenvalue weighted by molar-refractivity contribution is 0.318. The van der Waals surface area contributed by atoms with Crippen LogP contribution in [0.4, 0.5) is 0 Å². The van der Waals surface area contributed by atoms with E-state index in [-0.39, 0.29) is 0 Å². The predicted octanol–water partition coefficient (Wildman–Crippen LogP) is 0.638. The molecular formula is C12H24N2O2S. The molecule has 1 aliphatic heterocycles. The van der Waals surface area contributed by atoms with Gasteiger partial charge in [0.15, 0.2) is 9.84 Å². The zero-order chi connectivity index (χ0) is 12.3. The molecule has 17 heavy (non-hydrogen) atoms. The molecule has 1 unspecified atom stereocenters. The molecule has 0 aromatic carbocycles. The van der Waals surface area contributed by atoms with Gasteiger partial charge in [-0.05, 0) is 25.7 Å². The zero-order valence-corrected chi connectivity index (χ0v) is 11.5. The maximum Gasteiger partial charge on any atom is 0.151 e. The molecule has 0 bridgehead atoms. The smallest absolute Gasteiger partial charge is 0.151 e. The Kier molecular flexibility index (Phi) is 4.44. The molecule has 0 aromatic rings. The van der Waals surface area contributed by atoms with Crippen molar-refractivity contribution in [3.8, 4) is 0 Å². The molecule has 0 spiro atoms. The molecule has 1 aliphatic carbocycles. The van der Waals surface area contributed by atoms with Crippen molar-refractivity contribution in [2.24, 2.45) is 0 Å². The van der Waals surface area contributed by atoms with Crippen LogP contribution in [0.1, 0.15) is 32.6 Å². The van der Waals surface area contributed by atoms with Crippen molar-refractivity contribution < 1.29 is 8.42 Å². The quantitative estimate of drug-likeness (QED) is 0.730. The molecule has 2 fully saturated rings. The summed E-state index contributed by atoms with van der Waals surface area (Å²) < 4.78 is 23.1. The van der Waals surface area contributed by atoms with Crippen LogP contribution in [0.3, 0.4) is 0 Å². The average molecular weight is 260 g/mol. The van der Waals surface area contributed by atoms with Crippen molar-refractivity contribution >= 4 is 9.84 Å². The molecule has 1 saturated heterocycles. The average Bonchev–Trinajstić information content (AvgIpc) is 2.99. The lowest BCUT2D eigenvalue weighted by Crippen LogP contribution is -2.36. The minimum Gasteiger partial charge on any atom is -0.312 e. The predicted molar refractivity (Wildman–Crippen MR) is 69.9 cm³/mol. The Labute approximate surface area is 105 Å². The van der Waals surface area contributed by atoms with Crippen LogP contribution in [0.25, 0.3) is 0 Å². The van der Waals surface area contributed by atoms with E-state index in [1.165, 1.54) is 25.8 Å². The minimum atomic E-state index is -2.82. The number of likely N-dealkylation sites (tertiary alicyclic amines) is 1. The maximum atomic E-state index is 11.5. The normalized spacial score (nSPS) is 26.5. The summed E-state index contributed by atoms with van der Waals surface area (Å²) in [7, 11) is -2.82. The van der Waals surface area contributed by atoms with Gasteiger partial charge in [0.1, 0.15) is 0 Å². The third-order valence-corrected chi connectivity index (χ3v) is 5.50. The van der Waals surface area contributed by atoms with Crippen LogP contribution >= 0.6 is 0 Å². The summed E-state index contributed by atoms with van der Waals surface area (Å²) in [5.74, 6) is 0.619. The Morgan fingerprint density at radius 1 is 1.24 bits per heavy atom. The molecule has 100 valence electrons. The summed E-state index contributed by atoms with van der Waals surface area (Å²) >= 11 is 0. The molecule has 0 amide bonds. The number of sulfone groups is 1. The van der Waals surface area contributed by atoms with Gasteiger partial charge < -0.3 is 5.32 Å². The van der Waals surface area contributed by atoms with Gasteiger partial charge in [-0.1, -0.05) is 6.92 Å². The van der Waals surface area contributed by atoms with E-state index in [1.807, 2.05) is 6.92 Å². The number of hydrogen-bond donors (Lipinski definition) is 1. The molecule has 1 N–H and O–H groups in total. The van der Waals surface area contributed by atoms with Gasteiger partial charge in [0, 0.05) is 37.5 Å². The van der Waals surface area contributed by atoms with Crippen LogP contribution in [0.5, 0.6) is 0 Å². The van der Waals surface area contributed by atoms with Gasteiger partial charge in [-0.3, -0.25) is 4.90 Å². The summed E-state index contributed by atoms with van der Waals surface area (Å²) in [5.41, 5.74) is 0. The van der Waals surface area contributed by atoms with E-state index in [0.717, 1.165) is 19.0 Å². The first-order chi connectivity index (χ1) is 8.11. The van der Waals surface area contributed by atoms with Crippen LogP contribution in [-0.2, 0) is 9.84 Å². The van der Waals surface area contributed by atoms with Crippen LogP contribution in [0.2, 0.25) is 0 Å². The van der Waals surface area contributed by atoms with E-state index >= 15 is 0 Å². The summed E-state index contributed by atoms with van der Waals surface area (Å²) in [6.07, 6.45) is 4.61. The molecular weight excluding hydrogens is 236 g/mol. The molecule has 0 aromatic heterocycles. The van der Waals surface area contributed by atoms with E-state index in [0.29, 0.717) is 24.1 Å². The molecule has 1 saturated carbocycles. The Bertz CT molecular complexity index is 338. The van der Waals surface area contributed by atoms with E-state index in [2.05, 4.69) is 10.2 Å². The number of hydrogen-bond acceptors (Lipinski definition) is 4. The van der Waals surface area contributed by atoms with Crippen LogP contribution in [-0.4, -0.2) is 56.5 Å². The lowest BCUT2D eigenvalue weighted by Gasteiger charge is -2.15.